The summed E-state index contributed by atoms with van der Waals surface area (Å²) in [5, 5.41) is 0. The topological polar surface area (TPSA) is 29.3 Å². The summed E-state index contributed by atoms with van der Waals surface area (Å²) in [5.41, 5.74) is 7.43. The zero-order chi connectivity index (χ0) is 12.0. The van der Waals surface area contributed by atoms with Crippen LogP contribution in [0.5, 0.6) is 0 Å². The van der Waals surface area contributed by atoms with E-state index in [9.17, 15) is 0 Å². The molecule has 2 aliphatic rings. The highest BCUT2D eigenvalue weighted by atomic mass is 79.9. The van der Waals surface area contributed by atoms with Gasteiger partial charge < -0.3 is 10.6 Å². The summed E-state index contributed by atoms with van der Waals surface area (Å²) in [6.07, 6.45) is 4.85. The molecular formula is C13H16Br2N2. The number of anilines is 1. The molecule has 2 fully saturated rings. The number of benzene rings is 1. The van der Waals surface area contributed by atoms with E-state index in [-0.39, 0.29) is 0 Å². The number of rotatable bonds is 1. The van der Waals surface area contributed by atoms with Gasteiger partial charge in [-0.25, -0.2) is 0 Å². The number of fused-ring (bicyclic) bond motifs is 2. The zero-order valence-corrected chi connectivity index (χ0v) is 12.7. The fourth-order valence-corrected chi connectivity index (χ4v) is 4.10. The van der Waals surface area contributed by atoms with Crippen molar-refractivity contribution in [3.8, 4) is 0 Å². The molecule has 17 heavy (non-hydrogen) atoms. The maximum Gasteiger partial charge on any atom is 0.0526 e. The van der Waals surface area contributed by atoms with Crippen LogP contribution in [0, 0.1) is 0 Å². The van der Waals surface area contributed by atoms with Gasteiger partial charge in [0.2, 0.25) is 0 Å². The Bertz CT molecular complexity index is 421. The van der Waals surface area contributed by atoms with Crippen LogP contribution in [0.3, 0.4) is 0 Å². The maximum absolute atomic E-state index is 6.12. The van der Waals surface area contributed by atoms with Crippen LogP contribution < -0.4 is 10.6 Å². The van der Waals surface area contributed by atoms with Gasteiger partial charge in [-0.3, -0.25) is 0 Å². The lowest BCUT2D eigenvalue weighted by Crippen LogP contribution is -2.47. The smallest absolute Gasteiger partial charge is 0.0526 e. The van der Waals surface area contributed by atoms with Gasteiger partial charge in [0.25, 0.3) is 0 Å². The molecule has 2 bridgehead atoms. The van der Waals surface area contributed by atoms with Gasteiger partial charge in [-0.1, -0.05) is 15.9 Å². The minimum atomic E-state index is 0.398. The Kier molecular flexibility index (Phi) is 3.22. The van der Waals surface area contributed by atoms with Gasteiger partial charge in [0.15, 0.2) is 0 Å². The molecule has 2 N–H and O–H groups in total. The van der Waals surface area contributed by atoms with E-state index in [0.717, 1.165) is 17.3 Å². The first-order valence-corrected chi connectivity index (χ1v) is 7.72. The number of nitrogens with two attached hydrogens (primary N) is 1. The Morgan fingerprint density at radius 3 is 2.41 bits per heavy atom. The highest BCUT2D eigenvalue weighted by Crippen LogP contribution is 2.42. The summed E-state index contributed by atoms with van der Waals surface area (Å²) in [7, 11) is 0. The van der Waals surface area contributed by atoms with Crippen molar-refractivity contribution in [2.45, 2.75) is 43.8 Å². The van der Waals surface area contributed by atoms with E-state index >= 15 is 0 Å². The van der Waals surface area contributed by atoms with Crippen LogP contribution in [0.15, 0.2) is 27.1 Å². The van der Waals surface area contributed by atoms with Crippen molar-refractivity contribution in [3.05, 3.63) is 27.1 Å². The number of halogens is 2. The third-order valence-corrected chi connectivity index (χ3v) is 5.12. The fourth-order valence-electron chi connectivity index (χ4n) is 3.30. The molecule has 0 saturated carbocycles. The van der Waals surface area contributed by atoms with Crippen LogP contribution in [-0.2, 0) is 0 Å². The lowest BCUT2D eigenvalue weighted by Gasteiger charge is -2.40. The molecule has 2 heterocycles. The third-order valence-electron chi connectivity index (χ3n) is 3.96. The second kappa shape index (κ2) is 4.56. The molecule has 2 saturated heterocycles. The number of hydrogen-bond donors (Lipinski definition) is 1. The van der Waals surface area contributed by atoms with Gasteiger partial charge in [0.1, 0.15) is 0 Å². The van der Waals surface area contributed by atoms with Crippen LogP contribution in [0.1, 0.15) is 25.7 Å². The Hall–Kier alpha value is -0.0600. The molecular weight excluding hydrogens is 344 g/mol. The predicted octanol–water partition coefficient (Wildman–Crippen LogP) is 3.67. The van der Waals surface area contributed by atoms with Crippen molar-refractivity contribution in [2.24, 2.45) is 5.73 Å². The molecule has 0 aromatic heterocycles. The highest BCUT2D eigenvalue weighted by molar-refractivity contribution is 9.11. The minimum absolute atomic E-state index is 0.398. The Morgan fingerprint density at radius 1 is 1.12 bits per heavy atom. The highest BCUT2D eigenvalue weighted by Gasteiger charge is 2.40. The van der Waals surface area contributed by atoms with Gasteiger partial charge >= 0.3 is 0 Å². The van der Waals surface area contributed by atoms with E-state index in [4.69, 9.17) is 5.73 Å². The molecule has 2 unspecified atom stereocenters. The second-order valence-corrected chi connectivity index (χ2v) is 6.89. The lowest BCUT2D eigenvalue weighted by molar-refractivity contribution is 0.414. The van der Waals surface area contributed by atoms with Crippen molar-refractivity contribution in [1.29, 1.82) is 0 Å². The fraction of sp³-hybridized carbons (Fsp3) is 0.538. The molecule has 2 nitrogen and oxygen atoms in total. The molecule has 1 aromatic rings. The predicted molar refractivity (Wildman–Crippen MR) is 78.3 cm³/mol. The molecule has 4 heteroatoms. The van der Waals surface area contributed by atoms with E-state index < -0.39 is 0 Å². The average molecular weight is 360 g/mol. The van der Waals surface area contributed by atoms with Crippen molar-refractivity contribution < 1.29 is 0 Å². The van der Waals surface area contributed by atoms with E-state index in [1.54, 1.807) is 0 Å². The van der Waals surface area contributed by atoms with Gasteiger partial charge in [-0.05, 0) is 59.8 Å². The molecule has 92 valence electrons. The van der Waals surface area contributed by atoms with E-state index in [0.29, 0.717) is 18.1 Å². The number of nitrogens with zero attached hydrogens (tertiary/aromatic N) is 1. The third kappa shape index (κ3) is 2.15. The van der Waals surface area contributed by atoms with Crippen LogP contribution in [0.2, 0.25) is 0 Å². The van der Waals surface area contributed by atoms with Crippen LogP contribution in [0.25, 0.3) is 0 Å². The standard InChI is InChI=1S/C13H16Br2N2/c14-8-1-4-12(15)13(5-8)17-10-2-3-11(17)7-9(16)6-10/h1,4-5,9-11H,2-3,6-7,16H2. The normalized spacial score (nSPS) is 31.9. The molecule has 0 spiro atoms. The summed E-state index contributed by atoms with van der Waals surface area (Å²) >= 11 is 7.23. The van der Waals surface area contributed by atoms with Gasteiger partial charge in [0.05, 0.1) is 5.69 Å². The Labute approximate surface area is 119 Å². The zero-order valence-electron chi connectivity index (χ0n) is 9.57. The van der Waals surface area contributed by atoms with E-state index in [1.165, 1.54) is 23.0 Å². The SMILES string of the molecule is NC1CC2CCC(C1)N2c1cc(Br)ccc1Br. The summed E-state index contributed by atoms with van der Waals surface area (Å²) in [4.78, 5) is 2.58. The largest absolute Gasteiger partial charge is 0.364 e. The summed E-state index contributed by atoms with van der Waals surface area (Å²) < 4.78 is 2.33. The molecule has 1 aromatic carbocycles. The van der Waals surface area contributed by atoms with E-state index in [1.807, 2.05) is 0 Å². The summed E-state index contributed by atoms with van der Waals surface area (Å²) in [5.74, 6) is 0. The monoisotopic (exact) mass is 358 g/mol. The van der Waals surface area contributed by atoms with Crippen molar-refractivity contribution in [2.75, 3.05) is 4.90 Å². The molecule has 2 aliphatic heterocycles. The number of hydrogen-bond acceptors (Lipinski definition) is 2. The van der Waals surface area contributed by atoms with Crippen molar-refractivity contribution >= 4 is 37.5 Å². The van der Waals surface area contributed by atoms with Gasteiger partial charge in [-0.15, -0.1) is 0 Å². The van der Waals surface area contributed by atoms with Gasteiger partial charge in [0, 0.05) is 27.1 Å². The number of piperidine rings is 1. The minimum Gasteiger partial charge on any atom is -0.364 e. The van der Waals surface area contributed by atoms with E-state index in [2.05, 4.69) is 55.0 Å². The van der Waals surface area contributed by atoms with Crippen LogP contribution >= 0.6 is 31.9 Å². The average Bonchev–Trinajstić information content (AvgIpc) is 2.54. The maximum atomic E-state index is 6.12. The quantitative estimate of drug-likeness (QED) is 0.828. The van der Waals surface area contributed by atoms with Crippen LogP contribution in [0.4, 0.5) is 5.69 Å². The second-order valence-electron chi connectivity index (χ2n) is 5.12. The molecule has 3 rings (SSSR count). The molecule has 0 aliphatic carbocycles. The molecule has 0 amide bonds. The first kappa shape index (κ1) is 12.0. The Morgan fingerprint density at radius 2 is 1.76 bits per heavy atom. The van der Waals surface area contributed by atoms with Crippen LogP contribution in [-0.4, -0.2) is 18.1 Å². The molecule has 2 atom stereocenters. The molecule has 0 radical (unpaired) electrons. The summed E-state index contributed by atoms with van der Waals surface area (Å²) in [6, 6.07) is 8.07. The van der Waals surface area contributed by atoms with Crippen molar-refractivity contribution in [1.82, 2.24) is 0 Å². The van der Waals surface area contributed by atoms with Gasteiger partial charge in [-0.2, -0.15) is 0 Å². The Balaban J connectivity index is 1.97. The first-order chi connectivity index (χ1) is 8.15. The first-order valence-electron chi connectivity index (χ1n) is 6.14. The lowest BCUT2D eigenvalue weighted by atomic mass is 9.97. The van der Waals surface area contributed by atoms with Crippen molar-refractivity contribution in [3.63, 3.8) is 0 Å². The summed E-state index contributed by atoms with van der Waals surface area (Å²) in [6.45, 7) is 0.